The van der Waals surface area contributed by atoms with Crippen molar-refractivity contribution < 1.29 is 9.31 Å². The summed E-state index contributed by atoms with van der Waals surface area (Å²) in [5.41, 5.74) is 3.80. The fraction of sp³-hybridized carbons (Fsp3) is 0.476. The minimum Gasteiger partial charge on any atom is -0.399 e. The van der Waals surface area contributed by atoms with Gasteiger partial charge in [0.15, 0.2) is 0 Å². The number of hydrogen-bond donors (Lipinski definition) is 0. The van der Waals surface area contributed by atoms with Crippen molar-refractivity contribution in [3.05, 3.63) is 48.2 Å². The van der Waals surface area contributed by atoms with Gasteiger partial charge in [0.2, 0.25) is 0 Å². The molecular weight excluding hydrogens is 309 g/mol. The first-order valence-corrected chi connectivity index (χ1v) is 8.93. The zero-order chi connectivity index (χ0) is 18.5. The van der Waals surface area contributed by atoms with E-state index in [9.17, 15) is 0 Å². The Morgan fingerprint density at radius 1 is 0.880 bits per heavy atom. The standard InChI is InChI=1S/C21H28BNO2/c1-19(2,3)17-11-9-8-10-16(17)18-13-12-15(14-23-18)22-24-20(4,5)21(6,7)25-22/h8-14H,1-7H3. The average molecular weight is 337 g/mol. The molecule has 1 aromatic carbocycles. The highest BCUT2D eigenvalue weighted by Gasteiger charge is 2.51. The van der Waals surface area contributed by atoms with Gasteiger partial charge < -0.3 is 9.31 Å². The van der Waals surface area contributed by atoms with Crippen molar-refractivity contribution in [3.63, 3.8) is 0 Å². The molecule has 1 fully saturated rings. The van der Waals surface area contributed by atoms with Crippen molar-refractivity contribution in [2.75, 3.05) is 0 Å². The van der Waals surface area contributed by atoms with E-state index < -0.39 is 0 Å². The van der Waals surface area contributed by atoms with Crippen molar-refractivity contribution in [1.82, 2.24) is 4.98 Å². The lowest BCUT2D eigenvalue weighted by molar-refractivity contribution is 0.00578. The molecule has 0 spiro atoms. The van der Waals surface area contributed by atoms with Crippen LogP contribution in [0.1, 0.15) is 54.0 Å². The van der Waals surface area contributed by atoms with Crippen LogP contribution in [0.25, 0.3) is 11.3 Å². The number of nitrogens with zero attached hydrogens (tertiary/aromatic N) is 1. The molecule has 3 rings (SSSR count). The van der Waals surface area contributed by atoms with E-state index in [0.717, 1.165) is 11.2 Å². The highest BCUT2D eigenvalue weighted by molar-refractivity contribution is 6.62. The second-order valence-electron chi connectivity index (χ2n) is 8.86. The molecule has 0 atom stereocenters. The summed E-state index contributed by atoms with van der Waals surface area (Å²) in [6, 6.07) is 12.6. The highest BCUT2D eigenvalue weighted by atomic mass is 16.7. The van der Waals surface area contributed by atoms with Crippen molar-refractivity contribution in [2.45, 2.75) is 65.1 Å². The van der Waals surface area contributed by atoms with Crippen LogP contribution < -0.4 is 5.46 Å². The van der Waals surface area contributed by atoms with Crippen molar-refractivity contribution in [1.29, 1.82) is 0 Å². The maximum absolute atomic E-state index is 6.11. The maximum atomic E-state index is 6.11. The first kappa shape index (κ1) is 18.2. The molecular formula is C21H28BNO2. The number of hydrogen-bond acceptors (Lipinski definition) is 3. The highest BCUT2D eigenvalue weighted by Crippen LogP contribution is 2.36. The monoisotopic (exact) mass is 337 g/mol. The third-order valence-corrected chi connectivity index (χ3v) is 5.32. The minimum atomic E-state index is -0.371. The lowest BCUT2D eigenvalue weighted by atomic mass is 9.79. The number of benzene rings is 1. The van der Waals surface area contributed by atoms with Gasteiger partial charge >= 0.3 is 7.12 Å². The second-order valence-corrected chi connectivity index (χ2v) is 8.86. The second kappa shape index (κ2) is 5.96. The third kappa shape index (κ3) is 3.38. The Hall–Kier alpha value is -1.65. The molecule has 0 unspecified atom stereocenters. The van der Waals surface area contributed by atoms with Gasteiger partial charge in [0.1, 0.15) is 0 Å². The summed E-state index contributed by atoms with van der Waals surface area (Å²) in [7, 11) is -0.371. The summed E-state index contributed by atoms with van der Waals surface area (Å²) >= 11 is 0. The Labute approximate surface area is 151 Å². The quantitative estimate of drug-likeness (QED) is 0.764. The van der Waals surface area contributed by atoms with Gasteiger partial charge in [-0.25, -0.2) is 0 Å². The topological polar surface area (TPSA) is 31.4 Å². The molecule has 132 valence electrons. The summed E-state index contributed by atoms with van der Waals surface area (Å²) in [4.78, 5) is 4.70. The normalized spacial score (nSPS) is 19.2. The van der Waals surface area contributed by atoms with E-state index >= 15 is 0 Å². The van der Waals surface area contributed by atoms with E-state index in [1.807, 2.05) is 6.20 Å². The molecule has 0 saturated carbocycles. The fourth-order valence-electron chi connectivity index (χ4n) is 3.04. The predicted octanol–water partition coefficient (Wildman–Crippen LogP) is 4.35. The number of aromatic nitrogens is 1. The molecule has 0 amide bonds. The molecule has 4 heteroatoms. The van der Waals surface area contributed by atoms with Gasteiger partial charge in [-0.15, -0.1) is 0 Å². The SMILES string of the molecule is CC(C)(C)c1ccccc1-c1ccc(B2OC(C)(C)C(C)(C)O2)cn1. The van der Waals surface area contributed by atoms with Crippen molar-refractivity contribution >= 4 is 12.6 Å². The lowest BCUT2D eigenvalue weighted by Crippen LogP contribution is -2.41. The molecule has 1 saturated heterocycles. The first-order valence-electron chi connectivity index (χ1n) is 8.93. The average Bonchev–Trinajstić information content (AvgIpc) is 2.75. The van der Waals surface area contributed by atoms with Gasteiger partial charge in [-0.1, -0.05) is 51.1 Å². The van der Waals surface area contributed by atoms with Gasteiger partial charge in [0.05, 0.1) is 16.9 Å². The van der Waals surface area contributed by atoms with Crippen LogP contribution in [0.15, 0.2) is 42.6 Å². The van der Waals surface area contributed by atoms with Crippen LogP contribution in [0, 0.1) is 0 Å². The molecule has 0 bridgehead atoms. The molecule has 0 radical (unpaired) electrons. The van der Waals surface area contributed by atoms with E-state index in [-0.39, 0.29) is 23.7 Å². The third-order valence-electron chi connectivity index (χ3n) is 5.32. The van der Waals surface area contributed by atoms with Crippen molar-refractivity contribution in [2.24, 2.45) is 0 Å². The Kier molecular flexibility index (Phi) is 4.33. The summed E-state index contributed by atoms with van der Waals surface area (Å²) in [5.74, 6) is 0. The van der Waals surface area contributed by atoms with Crippen LogP contribution in [0.2, 0.25) is 0 Å². The van der Waals surface area contributed by atoms with Crippen molar-refractivity contribution in [3.8, 4) is 11.3 Å². The molecule has 1 aliphatic rings. The maximum Gasteiger partial charge on any atom is 0.496 e. The summed E-state index contributed by atoms with van der Waals surface area (Å²) in [6.07, 6.45) is 1.87. The molecule has 2 aromatic rings. The Bertz CT molecular complexity index is 744. The smallest absolute Gasteiger partial charge is 0.399 e. The van der Waals surface area contributed by atoms with E-state index in [1.165, 1.54) is 11.1 Å². The van der Waals surface area contributed by atoms with Crippen LogP contribution in [-0.4, -0.2) is 23.3 Å². The molecule has 0 N–H and O–H groups in total. The predicted molar refractivity (Wildman–Crippen MR) is 104 cm³/mol. The zero-order valence-corrected chi connectivity index (χ0v) is 16.4. The van der Waals surface area contributed by atoms with Crippen LogP contribution >= 0.6 is 0 Å². The van der Waals surface area contributed by atoms with Gasteiger partial charge in [0, 0.05) is 17.2 Å². The Morgan fingerprint density at radius 3 is 2.00 bits per heavy atom. The molecule has 25 heavy (non-hydrogen) atoms. The minimum absolute atomic E-state index is 0.0721. The molecule has 1 aliphatic heterocycles. The Balaban J connectivity index is 1.90. The fourth-order valence-corrected chi connectivity index (χ4v) is 3.04. The number of pyridine rings is 1. The van der Waals surface area contributed by atoms with Crippen LogP contribution in [-0.2, 0) is 14.7 Å². The first-order chi connectivity index (χ1) is 11.5. The summed E-state index contributed by atoms with van der Waals surface area (Å²) < 4.78 is 12.2. The lowest BCUT2D eigenvalue weighted by Gasteiger charge is -2.32. The summed E-state index contributed by atoms with van der Waals surface area (Å²) in [5, 5.41) is 0. The van der Waals surface area contributed by atoms with E-state index in [1.54, 1.807) is 0 Å². The van der Waals surface area contributed by atoms with Gasteiger partial charge in [-0.05, 0) is 44.7 Å². The van der Waals surface area contributed by atoms with Gasteiger partial charge in [-0.2, -0.15) is 0 Å². The van der Waals surface area contributed by atoms with E-state index in [2.05, 4.69) is 84.9 Å². The van der Waals surface area contributed by atoms with Gasteiger partial charge in [0.25, 0.3) is 0 Å². The van der Waals surface area contributed by atoms with E-state index in [4.69, 9.17) is 14.3 Å². The van der Waals surface area contributed by atoms with Gasteiger partial charge in [-0.3, -0.25) is 4.98 Å². The van der Waals surface area contributed by atoms with E-state index in [0.29, 0.717) is 0 Å². The summed E-state index contributed by atoms with van der Waals surface area (Å²) in [6.45, 7) is 14.9. The molecule has 2 heterocycles. The van der Waals surface area contributed by atoms with Crippen LogP contribution in [0.3, 0.4) is 0 Å². The van der Waals surface area contributed by atoms with Crippen LogP contribution in [0.4, 0.5) is 0 Å². The molecule has 1 aromatic heterocycles. The zero-order valence-electron chi connectivity index (χ0n) is 16.4. The largest absolute Gasteiger partial charge is 0.496 e. The Morgan fingerprint density at radius 2 is 1.48 bits per heavy atom. The van der Waals surface area contributed by atoms with Crippen LogP contribution in [0.5, 0.6) is 0 Å². The number of rotatable bonds is 2. The molecule has 0 aliphatic carbocycles. The molecule has 3 nitrogen and oxygen atoms in total.